The highest BCUT2D eigenvalue weighted by molar-refractivity contribution is 5.77. The Hall–Kier alpha value is -1.90. The van der Waals surface area contributed by atoms with Crippen molar-refractivity contribution in [2.24, 2.45) is 7.05 Å². The molecule has 0 aliphatic carbocycles. The molecule has 0 saturated carbocycles. The van der Waals surface area contributed by atoms with E-state index in [9.17, 15) is 9.59 Å². The van der Waals surface area contributed by atoms with Crippen molar-refractivity contribution >= 4 is 10.9 Å². The zero-order valence-electron chi connectivity index (χ0n) is 7.73. The van der Waals surface area contributed by atoms with Gasteiger partial charge in [0.15, 0.2) is 5.43 Å². The standard InChI is InChI=1S/C11H9NO2/c1-12-9-5-3-2-4-8(9)10(13)6-7-11(12)14/h2-7H,1H3. The van der Waals surface area contributed by atoms with Crippen LogP contribution in [-0.2, 0) is 7.05 Å². The van der Waals surface area contributed by atoms with E-state index < -0.39 is 0 Å². The maximum atomic E-state index is 11.5. The Morgan fingerprint density at radius 2 is 1.71 bits per heavy atom. The van der Waals surface area contributed by atoms with Crippen molar-refractivity contribution in [3.8, 4) is 0 Å². The van der Waals surface area contributed by atoms with Crippen LogP contribution in [-0.4, -0.2) is 4.57 Å². The highest BCUT2D eigenvalue weighted by Crippen LogP contribution is 2.04. The van der Waals surface area contributed by atoms with Gasteiger partial charge < -0.3 is 4.57 Å². The van der Waals surface area contributed by atoms with Crippen molar-refractivity contribution in [3.63, 3.8) is 0 Å². The summed E-state index contributed by atoms with van der Waals surface area (Å²) in [5, 5.41) is 0.567. The van der Waals surface area contributed by atoms with Crippen LogP contribution in [0.5, 0.6) is 0 Å². The lowest BCUT2D eigenvalue weighted by atomic mass is 10.2. The average molecular weight is 187 g/mol. The quantitative estimate of drug-likeness (QED) is 0.614. The maximum Gasteiger partial charge on any atom is 0.250 e. The first kappa shape index (κ1) is 8.69. The lowest BCUT2D eigenvalue weighted by molar-refractivity contribution is 0.912. The molecule has 0 N–H and O–H groups in total. The molecule has 0 unspecified atom stereocenters. The Bertz CT molecular complexity index is 599. The van der Waals surface area contributed by atoms with Gasteiger partial charge >= 0.3 is 0 Å². The highest BCUT2D eigenvalue weighted by atomic mass is 16.1. The monoisotopic (exact) mass is 187 g/mol. The summed E-state index contributed by atoms with van der Waals surface area (Å²) in [4.78, 5) is 22.9. The Labute approximate surface area is 80.2 Å². The smallest absolute Gasteiger partial charge is 0.250 e. The van der Waals surface area contributed by atoms with Crippen LogP contribution in [0.3, 0.4) is 0 Å². The van der Waals surface area contributed by atoms with Crippen molar-refractivity contribution in [1.82, 2.24) is 4.57 Å². The van der Waals surface area contributed by atoms with Gasteiger partial charge in [0.25, 0.3) is 5.56 Å². The lowest BCUT2D eigenvalue weighted by Crippen LogP contribution is -2.11. The molecule has 70 valence electrons. The number of rotatable bonds is 0. The highest BCUT2D eigenvalue weighted by Gasteiger charge is 1.98. The van der Waals surface area contributed by atoms with E-state index in [0.29, 0.717) is 10.9 Å². The molecule has 0 aliphatic rings. The summed E-state index contributed by atoms with van der Waals surface area (Å²) in [6, 6.07) is 9.68. The SMILES string of the molecule is Cn1c(=O)ccc(=O)c2ccccc21. The molecule has 3 nitrogen and oxygen atoms in total. The topological polar surface area (TPSA) is 39.1 Å². The van der Waals surface area contributed by atoms with Gasteiger partial charge in [-0.25, -0.2) is 0 Å². The Morgan fingerprint density at radius 3 is 2.50 bits per heavy atom. The van der Waals surface area contributed by atoms with Gasteiger partial charge in [0.05, 0.1) is 5.52 Å². The second-order valence-corrected chi connectivity index (χ2v) is 3.11. The molecular formula is C11H9NO2. The van der Waals surface area contributed by atoms with E-state index in [2.05, 4.69) is 0 Å². The summed E-state index contributed by atoms with van der Waals surface area (Å²) in [6.07, 6.45) is 0. The third kappa shape index (κ3) is 1.23. The molecule has 0 aliphatic heterocycles. The molecule has 2 aromatic rings. The van der Waals surface area contributed by atoms with Crippen LogP contribution in [0.1, 0.15) is 0 Å². The first-order chi connectivity index (χ1) is 6.70. The molecule has 0 fully saturated rings. The summed E-state index contributed by atoms with van der Waals surface area (Å²) in [5.41, 5.74) is 0.356. The molecular weight excluding hydrogens is 178 g/mol. The zero-order chi connectivity index (χ0) is 10.1. The number of benzene rings is 1. The van der Waals surface area contributed by atoms with Crippen LogP contribution >= 0.6 is 0 Å². The van der Waals surface area contributed by atoms with E-state index in [4.69, 9.17) is 0 Å². The van der Waals surface area contributed by atoms with Crippen molar-refractivity contribution < 1.29 is 0 Å². The van der Waals surface area contributed by atoms with Gasteiger partial charge in [0.1, 0.15) is 0 Å². The summed E-state index contributed by atoms with van der Waals surface area (Å²) >= 11 is 0. The number of aromatic nitrogens is 1. The Morgan fingerprint density at radius 1 is 1.00 bits per heavy atom. The molecule has 0 bridgehead atoms. The van der Waals surface area contributed by atoms with Crippen molar-refractivity contribution in [3.05, 3.63) is 57.0 Å². The minimum absolute atomic E-state index is 0.127. The van der Waals surface area contributed by atoms with Gasteiger partial charge in [-0.1, -0.05) is 12.1 Å². The third-order valence-corrected chi connectivity index (χ3v) is 2.24. The second kappa shape index (κ2) is 3.10. The zero-order valence-corrected chi connectivity index (χ0v) is 7.73. The molecule has 3 heteroatoms. The normalized spacial score (nSPS) is 10.4. The van der Waals surface area contributed by atoms with Gasteiger partial charge in [-0.3, -0.25) is 9.59 Å². The number of nitrogens with zero attached hydrogens (tertiary/aromatic N) is 1. The maximum absolute atomic E-state index is 11.5. The van der Waals surface area contributed by atoms with E-state index in [1.54, 1.807) is 31.3 Å². The van der Waals surface area contributed by atoms with E-state index in [1.807, 2.05) is 0 Å². The average Bonchev–Trinajstić information content (AvgIpc) is 2.33. The van der Waals surface area contributed by atoms with E-state index in [1.165, 1.54) is 16.7 Å². The fourth-order valence-corrected chi connectivity index (χ4v) is 1.44. The molecule has 1 aromatic carbocycles. The fraction of sp³-hybridized carbons (Fsp3) is 0.0909. The van der Waals surface area contributed by atoms with Gasteiger partial charge in [0.2, 0.25) is 0 Å². The minimum atomic E-state index is -0.178. The number of hydrogen-bond acceptors (Lipinski definition) is 2. The summed E-state index contributed by atoms with van der Waals surface area (Å²) in [5.74, 6) is 0. The molecule has 0 radical (unpaired) electrons. The number of para-hydroxylation sites is 1. The van der Waals surface area contributed by atoms with Gasteiger partial charge in [-0.05, 0) is 18.2 Å². The van der Waals surface area contributed by atoms with Crippen LogP contribution in [0.2, 0.25) is 0 Å². The summed E-state index contributed by atoms with van der Waals surface area (Å²) in [6.45, 7) is 0. The minimum Gasteiger partial charge on any atom is -0.311 e. The van der Waals surface area contributed by atoms with Crippen molar-refractivity contribution in [1.29, 1.82) is 0 Å². The van der Waals surface area contributed by atoms with E-state index >= 15 is 0 Å². The predicted molar refractivity (Wildman–Crippen MR) is 55.5 cm³/mol. The Kier molecular flexibility index (Phi) is 1.93. The summed E-state index contributed by atoms with van der Waals surface area (Å²) in [7, 11) is 1.66. The van der Waals surface area contributed by atoms with Gasteiger partial charge in [-0.2, -0.15) is 0 Å². The lowest BCUT2D eigenvalue weighted by Gasteiger charge is -1.96. The van der Waals surface area contributed by atoms with Crippen LogP contribution < -0.4 is 11.0 Å². The second-order valence-electron chi connectivity index (χ2n) is 3.11. The van der Waals surface area contributed by atoms with Crippen LogP contribution in [0.25, 0.3) is 10.9 Å². The van der Waals surface area contributed by atoms with Crippen LogP contribution in [0.15, 0.2) is 46.0 Å². The molecule has 0 atom stereocenters. The predicted octanol–water partition coefficient (Wildman–Crippen LogP) is 0.899. The third-order valence-electron chi connectivity index (χ3n) is 2.24. The molecule has 0 amide bonds. The summed E-state index contributed by atoms with van der Waals surface area (Å²) < 4.78 is 1.47. The van der Waals surface area contributed by atoms with Crippen molar-refractivity contribution in [2.45, 2.75) is 0 Å². The van der Waals surface area contributed by atoms with Crippen molar-refractivity contribution in [2.75, 3.05) is 0 Å². The number of fused-ring (bicyclic) bond motifs is 1. The molecule has 14 heavy (non-hydrogen) atoms. The molecule has 1 heterocycles. The molecule has 0 spiro atoms. The van der Waals surface area contributed by atoms with Crippen LogP contribution in [0, 0.1) is 0 Å². The molecule has 2 rings (SSSR count). The van der Waals surface area contributed by atoms with Gasteiger partial charge in [-0.15, -0.1) is 0 Å². The first-order valence-corrected chi connectivity index (χ1v) is 4.29. The Balaban J connectivity index is 3.20. The van der Waals surface area contributed by atoms with Crippen LogP contribution in [0.4, 0.5) is 0 Å². The number of hydrogen-bond donors (Lipinski definition) is 0. The number of aryl methyl sites for hydroxylation is 1. The molecule has 1 aromatic heterocycles. The van der Waals surface area contributed by atoms with E-state index in [-0.39, 0.29) is 11.0 Å². The fourth-order valence-electron chi connectivity index (χ4n) is 1.44. The van der Waals surface area contributed by atoms with Gasteiger partial charge in [0, 0.05) is 18.5 Å². The molecule has 0 saturated heterocycles. The first-order valence-electron chi connectivity index (χ1n) is 4.29. The largest absolute Gasteiger partial charge is 0.311 e. The van der Waals surface area contributed by atoms with E-state index in [0.717, 1.165) is 0 Å².